The number of ether oxygens (including phenoxy) is 2. The Bertz CT molecular complexity index is 556. The summed E-state index contributed by atoms with van der Waals surface area (Å²) in [6.45, 7) is 8.71. The summed E-state index contributed by atoms with van der Waals surface area (Å²) in [5.41, 5.74) is 3.43. The van der Waals surface area contributed by atoms with Gasteiger partial charge in [-0.05, 0) is 56.2 Å². The van der Waals surface area contributed by atoms with E-state index >= 15 is 0 Å². The van der Waals surface area contributed by atoms with Crippen molar-refractivity contribution in [2.24, 2.45) is 0 Å². The first-order chi connectivity index (χ1) is 10.4. The Morgan fingerprint density at radius 1 is 1.18 bits per heavy atom. The van der Waals surface area contributed by atoms with Gasteiger partial charge in [0, 0.05) is 26.3 Å². The molecule has 0 bridgehead atoms. The van der Waals surface area contributed by atoms with Crippen LogP contribution >= 0.6 is 0 Å². The van der Waals surface area contributed by atoms with Crippen molar-refractivity contribution in [2.45, 2.75) is 58.2 Å². The molecule has 2 heterocycles. The molecule has 0 aromatic heterocycles. The highest BCUT2D eigenvalue weighted by atomic mass is 16.6. The Kier molecular flexibility index (Phi) is 4.13. The summed E-state index contributed by atoms with van der Waals surface area (Å²) in [6, 6.07) is 6.66. The Balaban J connectivity index is 1.69. The molecule has 0 N–H and O–H groups in total. The third-order valence-electron chi connectivity index (χ3n) is 4.30. The SMILES string of the molecule is CC(C)(C)OC(=O)N1Cc2ccc(C3CCOCC3)cc2C1. The molecule has 0 atom stereocenters. The summed E-state index contributed by atoms with van der Waals surface area (Å²) < 4.78 is 10.9. The lowest BCUT2D eigenvalue weighted by molar-refractivity contribution is 0.0242. The van der Waals surface area contributed by atoms with Crippen LogP contribution in [0.4, 0.5) is 4.79 Å². The van der Waals surface area contributed by atoms with Gasteiger partial charge >= 0.3 is 6.09 Å². The Labute approximate surface area is 132 Å². The van der Waals surface area contributed by atoms with Crippen LogP contribution in [-0.4, -0.2) is 29.8 Å². The molecule has 0 saturated carbocycles. The largest absolute Gasteiger partial charge is 0.444 e. The fraction of sp³-hybridized carbons (Fsp3) is 0.611. The molecular weight excluding hydrogens is 278 g/mol. The lowest BCUT2D eigenvalue weighted by Gasteiger charge is -2.24. The predicted octanol–water partition coefficient (Wildman–Crippen LogP) is 3.83. The molecule has 1 saturated heterocycles. The van der Waals surface area contributed by atoms with E-state index in [4.69, 9.17) is 9.47 Å². The first-order valence-electron chi connectivity index (χ1n) is 8.10. The molecule has 1 fully saturated rings. The Hall–Kier alpha value is -1.55. The molecule has 0 spiro atoms. The summed E-state index contributed by atoms with van der Waals surface area (Å²) >= 11 is 0. The summed E-state index contributed by atoms with van der Waals surface area (Å²) in [7, 11) is 0. The van der Waals surface area contributed by atoms with E-state index in [0.29, 0.717) is 19.0 Å². The third kappa shape index (κ3) is 3.43. The molecular formula is C18H25NO3. The molecule has 1 amide bonds. The van der Waals surface area contributed by atoms with Gasteiger partial charge in [-0.25, -0.2) is 4.79 Å². The maximum atomic E-state index is 12.2. The van der Waals surface area contributed by atoms with Crippen LogP contribution in [0.1, 0.15) is 56.2 Å². The average Bonchev–Trinajstić information content (AvgIpc) is 2.89. The topological polar surface area (TPSA) is 38.8 Å². The zero-order chi connectivity index (χ0) is 15.7. The van der Waals surface area contributed by atoms with Gasteiger partial charge in [-0.1, -0.05) is 18.2 Å². The van der Waals surface area contributed by atoms with Crippen molar-refractivity contribution >= 4 is 6.09 Å². The van der Waals surface area contributed by atoms with Gasteiger partial charge in [-0.3, -0.25) is 4.90 Å². The second kappa shape index (κ2) is 5.92. The summed E-state index contributed by atoms with van der Waals surface area (Å²) in [4.78, 5) is 14.0. The molecule has 3 rings (SSSR count). The molecule has 1 aromatic rings. The van der Waals surface area contributed by atoms with E-state index in [1.807, 2.05) is 20.8 Å². The first kappa shape index (κ1) is 15.3. The van der Waals surface area contributed by atoms with Crippen molar-refractivity contribution in [3.63, 3.8) is 0 Å². The van der Waals surface area contributed by atoms with Crippen molar-refractivity contribution in [2.75, 3.05) is 13.2 Å². The van der Waals surface area contributed by atoms with E-state index in [1.165, 1.54) is 16.7 Å². The second-order valence-electron chi connectivity index (χ2n) is 7.25. The average molecular weight is 303 g/mol. The van der Waals surface area contributed by atoms with Gasteiger partial charge in [0.1, 0.15) is 5.60 Å². The van der Waals surface area contributed by atoms with Crippen molar-refractivity contribution in [1.82, 2.24) is 4.90 Å². The monoisotopic (exact) mass is 303 g/mol. The number of nitrogens with zero attached hydrogens (tertiary/aromatic N) is 1. The Morgan fingerprint density at radius 2 is 1.86 bits per heavy atom. The highest BCUT2D eigenvalue weighted by molar-refractivity contribution is 5.69. The standard InChI is InChI=1S/C18H25NO3/c1-18(2,3)22-17(20)19-11-15-5-4-14(10-16(15)12-19)13-6-8-21-9-7-13/h4-5,10,13H,6-9,11-12H2,1-3H3. The van der Waals surface area contributed by atoms with Crippen LogP contribution in [0.2, 0.25) is 0 Å². The molecule has 1 aromatic carbocycles. The third-order valence-corrected chi connectivity index (χ3v) is 4.30. The zero-order valence-electron chi connectivity index (χ0n) is 13.7. The van der Waals surface area contributed by atoms with Gasteiger partial charge in [0.05, 0.1) is 0 Å². The van der Waals surface area contributed by atoms with E-state index < -0.39 is 5.60 Å². The number of carbonyl (C=O) groups is 1. The minimum absolute atomic E-state index is 0.226. The van der Waals surface area contributed by atoms with Crippen molar-refractivity contribution in [3.05, 3.63) is 34.9 Å². The van der Waals surface area contributed by atoms with Crippen LogP contribution < -0.4 is 0 Å². The number of rotatable bonds is 1. The van der Waals surface area contributed by atoms with E-state index in [-0.39, 0.29) is 6.09 Å². The van der Waals surface area contributed by atoms with Gasteiger partial charge in [-0.2, -0.15) is 0 Å². The normalized spacial score (nSPS) is 19.1. The molecule has 120 valence electrons. The van der Waals surface area contributed by atoms with Crippen LogP contribution in [0.25, 0.3) is 0 Å². The molecule has 2 aliphatic heterocycles. The highest BCUT2D eigenvalue weighted by Crippen LogP contribution is 2.31. The van der Waals surface area contributed by atoms with Crippen LogP contribution in [0, 0.1) is 0 Å². The van der Waals surface area contributed by atoms with E-state index in [1.54, 1.807) is 4.90 Å². The van der Waals surface area contributed by atoms with Gasteiger partial charge in [0.15, 0.2) is 0 Å². The quantitative estimate of drug-likeness (QED) is 0.791. The molecule has 2 aliphatic rings. The smallest absolute Gasteiger partial charge is 0.410 e. The van der Waals surface area contributed by atoms with E-state index in [9.17, 15) is 4.79 Å². The lowest BCUT2D eigenvalue weighted by atomic mass is 9.90. The van der Waals surface area contributed by atoms with Crippen LogP contribution in [0.5, 0.6) is 0 Å². The van der Waals surface area contributed by atoms with Gasteiger partial charge in [0.2, 0.25) is 0 Å². The number of hydrogen-bond donors (Lipinski definition) is 0. The number of amides is 1. The van der Waals surface area contributed by atoms with Crippen molar-refractivity contribution in [3.8, 4) is 0 Å². The maximum Gasteiger partial charge on any atom is 0.410 e. The summed E-state index contributed by atoms with van der Waals surface area (Å²) in [6.07, 6.45) is 1.96. The van der Waals surface area contributed by atoms with E-state index in [2.05, 4.69) is 18.2 Å². The van der Waals surface area contributed by atoms with Crippen molar-refractivity contribution in [1.29, 1.82) is 0 Å². The molecule has 0 radical (unpaired) electrons. The minimum atomic E-state index is -0.445. The lowest BCUT2D eigenvalue weighted by Crippen LogP contribution is -2.33. The van der Waals surface area contributed by atoms with Crippen LogP contribution in [0.3, 0.4) is 0 Å². The summed E-state index contributed by atoms with van der Waals surface area (Å²) in [5, 5.41) is 0. The predicted molar refractivity (Wildman–Crippen MR) is 84.7 cm³/mol. The molecule has 0 unspecified atom stereocenters. The first-order valence-corrected chi connectivity index (χ1v) is 8.10. The minimum Gasteiger partial charge on any atom is -0.444 e. The van der Waals surface area contributed by atoms with Crippen LogP contribution in [0.15, 0.2) is 18.2 Å². The van der Waals surface area contributed by atoms with E-state index in [0.717, 1.165) is 26.1 Å². The number of benzene rings is 1. The zero-order valence-corrected chi connectivity index (χ0v) is 13.7. The van der Waals surface area contributed by atoms with Crippen LogP contribution in [-0.2, 0) is 22.6 Å². The molecule has 0 aliphatic carbocycles. The maximum absolute atomic E-state index is 12.2. The summed E-state index contributed by atoms with van der Waals surface area (Å²) in [5.74, 6) is 0.592. The van der Waals surface area contributed by atoms with Gasteiger partial charge in [-0.15, -0.1) is 0 Å². The van der Waals surface area contributed by atoms with Gasteiger partial charge < -0.3 is 9.47 Å². The Morgan fingerprint density at radius 3 is 2.55 bits per heavy atom. The van der Waals surface area contributed by atoms with Gasteiger partial charge in [0.25, 0.3) is 0 Å². The molecule has 4 heteroatoms. The molecule has 22 heavy (non-hydrogen) atoms. The van der Waals surface area contributed by atoms with Crippen molar-refractivity contribution < 1.29 is 14.3 Å². The molecule has 4 nitrogen and oxygen atoms in total. The number of fused-ring (bicyclic) bond motifs is 1. The fourth-order valence-corrected chi connectivity index (χ4v) is 3.15. The number of hydrogen-bond acceptors (Lipinski definition) is 3. The number of carbonyl (C=O) groups excluding carboxylic acids is 1. The second-order valence-corrected chi connectivity index (χ2v) is 7.25. The highest BCUT2D eigenvalue weighted by Gasteiger charge is 2.28. The fourth-order valence-electron chi connectivity index (χ4n) is 3.15.